The number of hydrogen-bond donors (Lipinski definition) is 2. The maximum absolute atomic E-state index is 13.7. The van der Waals surface area contributed by atoms with E-state index in [9.17, 15) is 4.79 Å². The van der Waals surface area contributed by atoms with Gasteiger partial charge in [0, 0.05) is 22.0 Å². The smallest absolute Gasteiger partial charge is 0.255 e. The van der Waals surface area contributed by atoms with Crippen molar-refractivity contribution in [3.05, 3.63) is 88.6 Å². The summed E-state index contributed by atoms with van der Waals surface area (Å²) in [6.07, 6.45) is 0. The van der Waals surface area contributed by atoms with Gasteiger partial charge in [-0.05, 0) is 48.9 Å². The molecule has 9 nitrogen and oxygen atoms in total. The average molecular weight is 532 g/mol. The van der Waals surface area contributed by atoms with E-state index in [0.717, 1.165) is 5.56 Å². The van der Waals surface area contributed by atoms with E-state index >= 15 is 0 Å². The lowest BCUT2D eigenvalue weighted by atomic mass is 9.94. The summed E-state index contributed by atoms with van der Waals surface area (Å²) < 4.78 is 18.4. The molecule has 1 aliphatic rings. The molecule has 0 saturated heterocycles. The monoisotopic (exact) mass is 531 g/mol. The molecule has 1 aliphatic heterocycles. The number of rotatable bonds is 7. The van der Waals surface area contributed by atoms with Crippen molar-refractivity contribution in [2.45, 2.75) is 13.0 Å². The van der Waals surface area contributed by atoms with Crippen LogP contribution in [0.5, 0.6) is 17.2 Å². The molecule has 0 aliphatic carbocycles. The van der Waals surface area contributed by atoms with Crippen LogP contribution in [0.3, 0.4) is 0 Å². The fourth-order valence-corrected chi connectivity index (χ4v) is 4.67. The first-order chi connectivity index (χ1) is 18.4. The number of nitrogens with one attached hydrogen (secondary N) is 2. The second-order valence-corrected chi connectivity index (χ2v) is 9.00. The summed E-state index contributed by atoms with van der Waals surface area (Å²) in [6.45, 7) is 1.84. The summed E-state index contributed by atoms with van der Waals surface area (Å²) in [5, 5.41) is 11.6. The van der Waals surface area contributed by atoms with Gasteiger partial charge in [0.15, 0.2) is 17.3 Å². The van der Waals surface area contributed by atoms with E-state index in [1.807, 2.05) is 61.5 Å². The number of para-hydroxylation sites is 1. The normalized spacial score (nSPS) is 14.4. The Hall–Kier alpha value is -4.50. The van der Waals surface area contributed by atoms with Gasteiger partial charge in [0.25, 0.3) is 5.91 Å². The number of nitrogens with zero attached hydrogens (tertiary/aromatic N) is 3. The average Bonchev–Trinajstić information content (AvgIpc) is 3.35. The Morgan fingerprint density at radius 3 is 2.32 bits per heavy atom. The lowest BCUT2D eigenvalue weighted by Gasteiger charge is -2.29. The van der Waals surface area contributed by atoms with Gasteiger partial charge >= 0.3 is 0 Å². The molecule has 0 spiro atoms. The molecule has 1 amide bonds. The third-order valence-corrected chi connectivity index (χ3v) is 6.45. The number of carbonyl (C=O) groups is 1. The number of ether oxygens (including phenoxy) is 3. The van der Waals surface area contributed by atoms with Crippen molar-refractivity contribution in [3.63, 3.8) is 0 Å². The number of allylic oxidation sites excluding steroid dienone is 1. The summed E-state index contributed by atoms with van der Waals surface area (Å²) in [4.78, 5) is 18.5. The molecule has 0 bridgehead atoms. The first-order valence-electron chi connectivity index (χ1n) is 11.8. The first kappa shape index (κ1) is 25.2. The van der Waals surface area contributed by atoms with Gasteiger partial charge in [-0.25, -0.2) is 4.68 Å². The van der Waals surface area contributed by atoms with Crippen molar-refractivity contribution in [3.8, 4) is 28.6 Å². The molecule has 1 aromatic heterocycles. The van der Waals surface area contributed by atoms with Crippen LogP contribution in [0.25, 0.3) is 11.4 Å². The third-order valence-electron chi connectivity index (χ3n) is 6.21. The van der Waals surface area contributed by atoms with Gasteiger partial charge in [0.05, 0.1) is 26.9 Å². The summed E-state index contributed by atoms with van der Waals surface area (Å²) in [6, 6.07) is 19.5. The maximum Gasteiger partial charge on any atom is 0.255 e. The number of methoxy groups -OCH3 is 3. The minimum absolute atomic E-state index is 0.287. The molecule has 3 aromatic carbocycles. The standard InChI is InChI=1S/C28H26ClN5O4/c1-16-23(27(35)31-20-11-6-5-7-12-20)24(18-14-21(36-2)25(38-4)22(15-18)37-3)34-28(30-16)32-26(33-34)17-9-8-10-19(29)13-17/h5-15,24H,1-4H3,(H,31,35)(H,30,32,33). The highest BCUT2D eigenvalue weighted by atomic mass is 35.5. The van der Waals surface area contributed by atoms with Crippen LogP contribution in [0.2, 0.25) is 5.02 Å². The fraction of sp³-hybridized carbons (Fsp3) is 0.179. The fourth-order valence-electron chi connectivity index (χ4n) is 4.48. The van der Waals surface area contributed by atoms with Crippen LogP contribution >= 0.6 is 11.6 Å². The molecule has 2 heterocycles. The van der Waals surface area contributed by atoms with Crippen LogP contribution in [0.15, 0.2) is 78.0 Å². The van der Waals surface area contributed by atoms with Crippen LogP contribution in [0.4, 0.5) is 11.6 Å². The van der Waals surface area contributed by atoms with E-state index in [1.54, 1.807) is 38.1 Å². The number of aromatic nitrogens is 3. The number of anilines is 2. The zero-order valence-electron chi connectivity index (χ0n) is 21.3. The second-order valence-electron chi connectivity index (χ2n) is 8.56. The SMILES string of the molecule is COc1cc(C2C(C(=O)Nc3ccccc3)=C(C)Nc3nc(-c4cccc(Cl)c4)nn32)cc(OC)c1OC. The van der Waals surface area contributed by atoms with Gasteiger partial charge in [-0.3, -0.25) is 4.79 Å². The van der Waals surface area contributed by atoms with Crippen LogP contribution in [-0.2, 0) is 4.79 Å². The van der Waals surface area contributed by atoms with Gasteiger partial charge < -0.3 is 24.8 Å². The zero-order valence-corrected chi connectivity index (χ0v) is 22.0. The third kappa shape index (κ3) is 4.64. The molecule has 0 fully saturated rings. The highest BCUT2D eigenvalue weighted by Gasteiger charge is 2.36. The number of hydrogen-bond acceptors (Lipinski definition) is 7. The summed E-state index contributed by atoms with van der Waals surface area (Å²) in [5.41, 5.74) is 3.21. The molecule has 5 rings (SSSR count). The first-order valence-corrected chi connectivity index (χ1v) is 12.2. The van der Waals surface area contributed by atoms with Crippen LogP contribution < -0.4 is 24.8 Å². The van der Waals surface area contributed by atoms with Crippen molar-refractivity contribution >= 4 is 29.1 Å². The van der Waals surface area contributed by atoms with E-state index in [0.29, 0.717) is 56.6 Å². The van der Waals surface area contributed by atoms with E-state index < -0.39 is 6.04 Å². The molecule has 10 heteroatoms. The van der Waals surface area contributed by atoms with E-state index in [4.69, 9.17) is 35.9 Å². The minimum Gasteiger partial charge on any atom is -0.493 e. The lowest BCUT2D eigenvalue weighted by molar-refractivity contribution is -0.113. The largest absolute Gasteiger partial charge is 0.493 e. The predicted molar refractivity (Wildman–Crippen MR) is 146 cm³/mol. The van der Waals surface area contributed by atoms with Gasteiger partial charge in [-0.1, -0.05) is 41.9 Å². The highest BCUT2D eigenvalue weighted by molar-refractivity contribution is 6.30. The van der Waals surface area contributed by atoms with Crippen LogP contribution in [-0.4, -0.2) is 42.0 Å². The summed E-state index contributed by atoms with van der Waals surface area (Å²) >= 11 is 6.23. The summed E-state index contributed by atoms with van der Waals surface area (Å²) in [7, 11) is 4.64. The van der Waals surface area contributed by atoms with Gasteiger partial charge in [-0.2, -0.15) is 4.98 Å². The van der Waals surface area contributed by atoms with Crippen molar-refractivity contribution < 1.29 is 19.0 Å². The zero-order chi connectivity index (χ0) is 26.8. The molecular formula is C28H26ClN5O4. The topological polar surface area (TPSA) is 99.5 Å². The number of benzene rings is 3. The van der Waals surface area contributed by atoms with E-state index in [2.05, 4.69) is 10.6 Å². The van der Waals surface area contributed by atoms with Crippen molar-refractivity contribution in [2.75, 3.05) is 32.0 Å². The second kappa shape index (κ2) is 10.5. The Labute approximate surface area is 225 Å². The predicted octanol–water partition coefficient (Wildman–Crippen LogP) is 5.55. The molecule has 4 aromatic rings. The molecule has 1 atom stereocenters. The lowest BCUT2D eigenvalue weighted by Crippen LogP contribution is -2.31. The highest BCUT2D eigenvalue weighted by Crippen LogP contribution is 2.44. The van der Waals surface area contributed by atoms with Gasteiger partial charge in [-0.15, -0.1) is 5.10 Å². The van der Waals surface area contributed by atoms with E-state index in [-0.39, 0.29) is 5.91 Å². The Morgan fingerprint density at radius 2 is 1.68 bits per heavy atom. The van der Waals surface area contributed by atoms with Crippen LogP contribution in [0, 0.1) is 0 Å². The minimum atomic E-state index is -0.663. The van der Waals surface area contributed by atoms with Crippen molar-refractivity contribution in [1.29, 1.82) is 0 Å². The Kier molecular flexibility index (Phi) is 6.93. The summed E-state index contributed by atoms with van der Waals surface area (Å²) in [5.74, 6) is 2.01. The number of fused-ring (bicyclic) bond motifs is 1. The molecule has 0 saturated carbocycles. The molecule has 1 unspecified atom stereocenters. The van der Waals surface area contributed by atoms with Crippen LogP contribution in [0.1, 0.15) is 18.5 Å². The Morgan fingerprint density at radius 1 is 0.974 bits per heavy atom. The Bertz CT molecular complexity index is 1510. The Balaban J connectivity index is 1.68. The molecule has 38 heavy (non-hydrogen) atoms. The van der Waals surface area contributed by atoms with Gasteiger partial charge in [0.2, 0.25) is 11.7 Å². The molecule has 194 valence electrons. The van der Waals surface area contributed by atoms with Crippen molar-refractivity contribution in [1.82, 2.24) is 14.8 Å². The molecule has 0 radical (unpaired) electrons. The molecule has 2 N–H and O–H groups in total. The molecular weight excluding hydrogens is 506 g/mol. The van der Waals surface area contributed by atoms with E-state index in [1.165, 1.54) is 0 Å². The number of carbonyl (C=O) groups excluding carboxylic acids is 1. The number of halogens is 1. The quantitative estimate of drug-likeness (QED) is 0.322. The van der Waals surface area contributed by atoms with Gasteiger partial charge in [0.1, 0.15) is 6.04 Å². The number of amides is 1. The van der Waals surface area contributed by atoms with Crippen molar-refractivity contribution in [2.24, 2.45) is 0 Å². The maximum atomic E-state index is 13.7.